The summed E-state index contributed by atoms with van der Waals surface area (Å²) in [6.45, 7) is -0.0944. The highest BCUT2D eigenvalue weighted by Crippen LogP contribution is 2.15. The van der Waals surface area contributed by atoms with Crippen LogP contribution >= 0.6 is 0 Å². The molecule has 16 heavy (non-hydrogen) atoms. The van der Waals surface area contributed by atoms with Crippen molar-refractivity contribution in [3.05, 3.63) is 48.8 Å². The first-order valence-corrected chi connectivity index (χ1v) is 4.90. The Kier molecular flexibility index (Phi) is 2.91. The molecule has 0 atom stereocenters. The summed E-state index contributed by atoms with van der Waals surface area (Å²) < 4.78 is 7.14. The first-order chi connectivity index (χ1) is 7.75. The van der Waals surface area contributed by atoms with Crippen molar-refractivity contribution in [3.63, 3.8) is 0 Å². The van der Waals surface area contributed by atoms with E-state index in [1.54, 1.807) is 12.1 Å². The molecule has 0 spiro atoms. The number of hydrogen-bond donors (Lipinski definition) is 1. The maximum atomic E-state index is 10.5. The van der Waals surface area contributed by atoms with E-state index in [4.69, 9.17) is 10.5 Å². The van der Waals surface area contributed by atoms with Gasteiger partial charge in [-0.2, -0.15) is 0 Å². The zero-order valence-corrected chi connectivity index (χ0v) is 8.67. The highest BCUT2D eigenvalue weighted by Gasteiger charge is 1.98. The summed E-state index contributed by atoms with van der Waals surface area (Å²) in [6, 6.07) is 11.3. The van der Waals surface area contributed by atoms with E-state index in [0.717, 1.165) is 5.69 Å². The van der Waals surface area contributed by atoms with Gasteiger partial charge in [0.05, 0.1) is 0 Å². The van der Waals surface area contributed by atoms with Gasteiger partial charge >= 0.3 is 0 Å². The molecule has 82 valence electrons. The molecule has 1 amide bonds. The lowest BCUT2D eigenvalue weighted by atomic mass is 10.3. The second-order valence-electron chi connectivity index (χ2n) is 3.34. The summed E-state index contributed by atoms with van der Waals surface area (Å²) in [6.07, 6.45) is 3.92. The van der Waals surface area contributed by atoms with Crippen LogP contribution < -0.4 is 10.5 Å². The smallest absolute Gasteiger partial charge is 0.255 e. The second kappa shape index (κ2) is 4.53. The Balaban J connectivity index is 2.08. The standard InChI is InChI=1S/C12H12N2O2/c13-12(15)9-16-11-5-3-10(4-6-11)14-7-1-2-8-14/h1-8H,9H2,(H2,13,15). The van der Waals surface area contributed by atoms with Crippen molar-refractivity contribution < 1.29 is 9.53 Å². The summed E-state index contributed by atoms with van der Waals surface area (Å²) in [4.78, 5) is 10.5. The number of primary amides is 1. The van der Waals surface area contributed by atoms with Gasteiger partial charge in [-0.15, -0.1) is 0 Å². The number of carbonyl (C=O) groups excluding carboxylic acids is 1. The third-order valence-corrected chi connectivity index (χ3v) is 2.12. The maximum Gasteiger partial charge on any atom is 0.255 e. The van der Waals surface area contributed by atoms with E-state index in [1.807, 2.05) is 41.2 Å². The molecule has 0 aliphatic heterocycles. The van der Waals surface area contributed by atoms with Crippen LogP contribution in [0.4, 0.5) is 0 Å². The number of nitrogens with two attached hydrogens (primary N) is 1. The van der Waals surface area contributed by atoms with E-state index in [-0.39, 0.29) is 6.61 Å². The van der Waals surface area contributed by atoms with Gasteiger partial charge in [-0.3, -0.25) is 4.79 Å². The van der Waals surface area contributed by atoms with Gasteiger partial charge in [0.1, 0.15) is 5.75 Å². The number of nitrogens with zero attached hydrogens (tertiary/aromatic N) is 1. The van der Waals surface area contributed by atoms with Gasteiger partial charge < -0.3 is 15.0 Å². The van der Waals surface area contributed by atoms with Crippen molar-refractivity contribution in [3.8, 4) is 11.4 Å². The highest BCUT2D eigenvalue weighted by molar-refractivity contribution is 5.75. The molecule has 1 aromatic carbocycles. The Bertz CT molecular complexity index is 460. The van der Waals surface area contributed by atoms with Gasteiger partial charge in [-0.25, -0.2) is 0 Å². The van der Waals surface area contributed by atoms with Crippen LogP contribution in [-0.2, 0) is 4.79 Å². The van der Waals surface area contributed by atoms with E-state index in [9.17, 15) is 4.79 Å². The van der Waals surface area contributed by atoms with Gasteiger partial charge in [0.15, 0.2) is 6.61 Å². The van der Waals surface area contributed by atoms with Crippen LogP contribution in [0.15, 0.2) is 48.8 Å². The normalized spacial score (nSPS) is 10.0. The summed E-state index contributed by atoms with van der Waals surface area (Å²) >= 11 is 0. The average molecular weight is 216 g/mol. The van der Waals surface area contributed by atoms with Crippen LogP contribution in [0.1, 0.15) is 0 Å². The van der Waals surface area contributed by atoms with Crippen LogP contribution in [0.5, 0.6) is 5.75 Å². The molecule has 0 fully saturated rings. The molecule has 0 bridgehead atoms. The Morgan fingerprint density at radius 2 is 1.81 bits per heavy atom. The predicted octanol–water partition coefficient (Wildman–Crippen LogP) is 1.34. The largest absolute Gasteiger partial charge is 0.484 e. The summed E-state index contributed by atoms with van der Waals surface area (Å²) in [5.74, 6) is 0.157. The molecule has 4 heteroatoms. The highest BCUT2D eigenvalue weighted by atomic mass is 16.5. The molecule has 0 aliphatic carbocycles. The maximum absolute atomic E-state index is 10.5. The number of ether oxygens (including phenoxy) is 1. The van der Waals surface area contributed by atoms with E-state index in [0.29, 0.717) is 5.75 Å². The van der Waals surface area contributed by atoms with Crippen LogP contribution in [0, 0.1) is 0 Å². The lowest BCUT2D eigenvalue weighted by molar-refractivity contribution is -0.119. The van der Waals surface area contributed by atoms with Crippen molar-refractivity contribution in [2.24, 2.45) is 5.73 Å². The fraction of sp³-hybridized carbons (Fsp3) is 0.0833. The minimum atomic E-state index is -0.477. The summed E-state index contributed by atoms with van der Waals surface area (Å²) in [5, 5.41) is 0. The lowest BCUT2D eigenvalue weighted by Gasteiger charge is -2.06. The SMILES string of the molecule is NC(=O)COc1ccc(-n2cccc2)cc1. The minimum Gasteiger partial charge on any atom is -0.484 e. The fourth-order valence-corrected chi connectivity index (χ4v) is 1.38. The third kappa shape index (κ3) is 2.42. The molecule has 1 aromatic heterocycles. The van der Waals surface area contributed by atoms with E-state index in [1.165, 1.54) is 0 Å². The summed E-state index contributed by atoms with van der Waals surface area (Å²) in [5.41, 5.74) is 6.02. The topological polar surface area (TPSA) is 57.3 Å². The van der Waals surface area contributed by atoms with Gasteiger partial charge in [-0.1, -0.05) is 0 Å². The Morgan fingerprint density at radius 1 is 1.19 bits per heavy atom. The zero-order valence-electron chi connectivity index (χ0n) is 8.67. The number of aromatic nitrogens is 1. The number of hydrogen-bond acceptors (Lipinski definition) is 2. The average Bonchev–Trinajstić information content (AvgIpc) is 2.80. The third-order valence-electron chi connectivity index (χ3n) is 2.12. The molecule has 2 N–H and O–H groups in total. The number of benzene rings is 1. The minimum absolute atomic E-state index is 0.0944. The van der Waals surface area contributed by atoms with Gasteiger partial charge in [0.2, 0.25) is 0 Å². The van der Waals surface area contributed by atoms with E-state index >= 15 is 0 Å². The Morgan fingerprint density at radius 3 is 2.38 bits per heavy atom. The first-order valence-electron chi connectivity index (χ1n) is 4.90. The zero-order chi connectivity index (χ0) is 11.4. The summed E-state index contributed by atoms with van der Waals surface area (Å²) in [7, 11) is 0. The monoisotopic (exact) mass is 216 g/mol. The van der Waals surface area contributed by atoms with E-state index in [2.05, 4.69) is 0 Å². The quantitative estimate of drug-likeness (QED) is 0.838. The number of carbonyl (C=O) groups is 1. The van der Waals surface area contributed by atoms with Crippen LogP contribution in [0.25, 0.3) is 5.69 Å². The number of rotatable bonds is 4. The molecule has 0 saturated heterocycles. The van der Waals surface area contributed by atoms with Gasteiger partial charge in [-0.05, 0) is 36.4 Å². The van der Waals surface area contributed by atoms with Crippen molar-refractivity contribution in [2.45, 2.75) is 0 Å². The van der Waals surface area contributed by atoms with Crippen molar-refractivity contribution in [2.75, 3.05) is 6.61 Å². The molecule has 1 heterocycles. The Hall–Kier alpha value is -2.23. The Labute approximate surface area is 93.3 Å². The fourth-order valence-electron chi connectivity index (χ4n) is 1.38. The molecule has 4 nitrogen and oxygen atoms in total. The molecule has 0 unspecified atom stereocenters. The molecular formula is C12H12N2O2. The van der Waals surface area contributed by atoms with Crippen molar-refractivity contribution in [1.82, 2.24) is 4.57 Å². The lowest BCUT2D eigenvalue weighted by Crippen LogP contribution is -2.19. The van der Waals surface area contributed by atoms with Crippen LogP contribution in [-0.4, -0.2) is 17.1 Å². The molecule has 2 aromatic rings. The molecular weight excluding hydrogens is 204 g/mol. The van der Waals surface area contributed by atoms with Crippen molar-refractivity contribution >= 4 is 5.91 Å². The molecule has 2 rings (SSSR count). The van der Waals surface area contributed by atoms with Crippen LogP contribution in [0.2, 0.25) is 0 Å². The number of amides is 1. The molecule has 0 radical (unpaired) electrons. The van der Waals surface area contributed by atoms with Gasteiger partial charge in [0, 0.05) is 18.1 Å². The van der Waals surface area contributed by atoms with E-state index < -0.39 is 5.91 Å². The predicted molar refractivity (Wildman–Crippen MR) is 60.5 cm³/mol. The second-order valence-corrected chi connectivity index (χ2v) is 3.34. The molecule has 0 aliphatic rings. The van der Waals surface area contributed by atoms with Crippen molar-refractivity contribution in [1.29, 1.82) is 0 Å². The first kappa shape index (κ1) is 10.3. The van der Waals surface area contributed by atoms with Gasteiger partial charge in [0.25, 0.3) is 5.91 Å². The van der Waals surface area contributed by atoms with Crippen LogP contribution in [0.3, 0.4) is 0 Å². The molecule has 0 saturated carbocycles.